The molecule has 0 radical (unpaired) electrons. The third-order valence-corrected chi connectivity index (χ3v) is 15.0. The minimum Gasteiger partial charge on any atom is -0.453 e. The Bertz CT molecular complexity index is 2550. The van der Waals surface area contributed by atoms with Crippen molar-refractivity contribution in [2.45, 2.75) is 122 Å². The van der Waals surface area contributed by atoms with Gasteiger partial charge in [-0.1, -0.05) is 46.8 Å². The highest BCUT2D eigenvalue weighted by Gasteiger charge is 2.41. The molecule has 9 rings (SSSR count). The number of aromatic amines is 2. The van der Waals surface area contributed by atoms with Crippen molar-refractivity contribution >= 4 is 57.4 Å². The highest BCUT2D eigenvalue weighted by atomic mass is 19.1. The molecule has 2 aromatic heterocycles. The molecular weight excluding hydrogens is 880 g/mol. The number of halogens is 1. The normalized spacial score (nSPS) is 22.0. The van der Waals surface area contributed by atoms with Crippen molar-refractivity contribution in [2.75, 3.05) is 50.2 Å². The summed E-state index contributed by atoms with van der Waals surface area (Å²) in [5.41, 5.74) is 6.80. The van der Waals surface area contributed by atoms with Crippen LogP contribution in [0.25, 0.3) is 22.1 Å². The van der Waals surface area contributed by atoms with Gasteiger partial charge in [-0.2, -0.15) is 0 Å². The zero-order chi connectivity index (χ0) is 48.7. The molecule has 3 aromatic carbocycles. The van der Waals surface area contributed by atoms with Crippen molar-refractivity contribution < 1.29 is 33.0 Å². The van der Waals surface area contributed by atoms with Crippen molar-refractivity contribution in [1.82, 2.24) is 40.4 Å². The highest BCUT2D eigenvalue weighted by Crippen LogP contribution is 2.49. The standard InChI is InChI=1S/C52H67FN10O6/c1-29(2)45(58-51(66)68-6)49(64)61-22-8-10-43(61)47-54-36-15-12-32(26-38(36)56-47)40-18-19-41(63(40)34-14-17-42(35(53)28-34)60-24-20-31(5)21-25-60)33-13-16-37-39(27-33)57-48(55-37)44-11-9-23-62(44)50(65)46(30(3)4)59-52(67)69-7/h12-17,26-31,40-41,43-46H,8-11,18-25H2,1-7H3,(H,54,56)(H,55,57)(H,58,66)(H,59,67)/t40-,41-,43+,44+,45+,46+/m1/s1. The number of rotatable bonds is 12. The molecule has 16 nitrogen and oxygen atoms in total. The Balaban J connectivity index is 1.02. The molecule has 5 aromatic rings. The number of benzene rings is 3. The Kier molecular flexibility index (Phi) is 13.8. The van der Waals surface area contributed by atoms with Gasteiger partial charge in [0.15, 0.2) is 0 Å². The molecule has 4 aliphatic heterocycles. The summed E-state index contributed by atoms with van der Waals surface area (Å²) in [6.45, 7) is 12.6. The number of hydrogen-bond acceptors (Lipinski definition) is 10. The second-order valence-corrected chi connectivity index (χ2v) is 20.2. The SMILES string of the molecule is COC(=O)N[C@H](C(=O)N1CCC[C@H]1c1nc2cc([C@H]3CC[C@H](c4ccc5[nH]c([C@@H]6CCCN6C(=O)[C@@H](NC(=O)OC)C(C)C)nc5c4)N3c3ccc(N4CCC(C)CC4)c(F)c3)ccc2[nH]1)C(C)C. The van der Waals surface area contributed by atoms with Gasteiger partial charge in [-0.15, -0.1) is 0 Å². The maximum absolute atomic E-state index is 16.5. The summed E-state index contributed by atoms with van der Waals surface area (Å²) in [4.78, 5) is 77.7. The molecule has 0 saturated carbocycles. The number of nitrogens with one attached hydrogen (secondary N) is 4. The number of imidazole rings is 2. The van der Waals surface area contributed by atoms with E-state index in [9.17, 15) is 19.2 Å². The van der Waals surface area contributed by atoms with E-state index in [1.807, 2.05) is 55.7 Å². The summed E-state index contributed by atoms with van der Waals surface area (Å²) < 4.78 is 26.1. The Morgan fingerprint density at radius 2 is 1.12 bits per heavy atom. The maximum atomic E-state index is 16.5. The first-order valence-electron chi connectivity index (χ1n) is 24.8. The predicted molar refractivity (Wildman–Crippen MR) is 262 cm³/mol. The zero-order valence-electron chi connectivity index (χ0n) is 40.9. The average Bonchev–Trinajstić information content (AvgIpc) is 4.20. The second-order valence-electron chi connectivity index (χ2n) is 20.2. The molecule has 4 N–H and O–H groups in total. The smallest absolute Gasteiger partial charge is 0.407 e. The molecule has 0 aliphatic carbocycles. The number of likely N-dealkylation sites (tertiary alicyclic amines) is 2. The van der Waals surface area contributed by atoms with Crippen LogP contribution in [-0.4, -0.2) is 106 Å². The van der Waals surface area contributed by atoms with Crippen molar-refractivity contribution in [2.24, 2.45) is 17.8 Å². The number of carbonyl (C=O) groups excluding carboxylic acids is 4. The van der Waals surface area contributed by atoms with Gasteiger partial charge in [0.2, 0.25) is 11.8 Å². The van der Waals surface area contributed by atoms with E-state index >= 15 is 4.39 Å². The lowest BCUT2D eigenvalue weighted by Gasteiger charge is -2.35. The van der Waals surface area contributed by atoms with Crippen LogP contribution in [0.1, 0.15) is 133 Å². The van der Waals surface area contributed by atoms with Crippen LogP contribution in [0.2, 0.25) is 0 Å². The number of carbonyl (C=O) groups is 4. The molecule has 69 heavy (non-hydrogen) atoms. The molecule has 6 heterocycles. The zero-order valence-corrected chi connectivity index (χ0v) is 40.9. The molecule has 0 unspecified atom stereocenters. The fourth-order valence-corrected chi connectivity index (χ4v) is 11.2. The number of piperidine rings is 1. The van der Waals surface area contributed by atoms with E-state index in [0.717, 1.165) is 103 Å². The van der Waals surface area contributed by atoms with E-state index in [1.165, 1.54) is 14.2 Å². The number of fused-ring (bicyclic) bond motifs is 2. The Labute approximate surface area is 403 Å². The Morgan fingerprint density at radius 1 is 0.638 bits per heavy atom. The summed E-state index contributed by atoms with van der Waals surface area (Å²) in [5, 5.41) is 5.46. The number of hydrogen-bond donors (Lipinski definition) is 4. The van der Waals surface area contributed by atoms with Crippen LogP contribution in [0.4, 0.5) is 25.4 Å². The van der Waals surface area contributed by atoms with Gasteiger partial charge in [0.25, 0.3) is 0 Å². The lowest BCUT2D eigenvalue weighted by Crippen LogP contribution is -2.51. The third-order valence-electron chi connectivity index (χ3n) is 15.0. The molecule has 4 aliphatic rings. The first-order valence-corrected chi connectivity index (χ1v) is 24.8. The fourth-order valence-electron chi connectivity index (χ4n) is 11.2. The van der Waals surface area contributed by atoms with E-state index in [0.29, 0.717) is 36.3 Å². The number of alkyl carbamates (subject to hydrolysis) is 2. The number of methoxy groups -OCH3 is 2. The first-order chi connectivity index (χ1) is 33.2. The van der Waals surface area contributed by atoms with Crippen molar-refractivity contribution in [3.05, 3.63) is 83.2 Å². The molecular formula is C52H67FN10O6. The third kappa shape index (κ3) is 9.52. The quantitative estimate of drug-likeness (QED) is 0.0943. The Morgan fingerprint density at radius 3 is 1.55 bits per heavy atom. The van der Waals surface area contributed by atoms with Crippen molar-refractivity contribution in [3.63, 3.8) is 0 Å². The van der Waals surface area contributed by atoms with Crippen LogP contribution in [0, 0.1) is 23.6 Å². The van der Waals surface area contributed by atoms with Gasteiger partial charge in [-0.05, 0) is 123 Å². The number of ether oxygens (including phenoxy) is 2. The van der Waals surface area contributed by atoms with Crippen LogP contribution < -0.4 is 20.4 Å². The topological polar surface area (TPSA) is 181 Å². The van der Waals surface area contributed by atoms with Gasteiger partial charge < -0.3 is 49.7 Å². The van der Waals surface area contributed by atoms with Crippen LogP contribution >= 0.6 is 0 Å². The Hall–Kier alpha value is -6.39. The van der Waals surface area contributed by atoms with Crippen molar-refractivity contribution in [3.8, 4) is 0 Å². The fraction of sp³-hybridized carbons (Fsp3) is 0.538. The molecule has 0 bridgehead atoms. The average molecular weight is 947 g/mol. The minimum atomic E-state index is -0.734. The molecule has 4 amide bonds. The van der Waals surface area contributed by atoms with Gasteiger partial charge in [-0.3, -0.25) is 9.59 Å². The minimum absolute atomic E-state index is 0.114. The van der Waals surface area contributed by atoms with Crippen LogP contribution in [0.5, 0.6) is 0 Å². The molecule has 6 atom stereocenters. The van der Waals surface area contributed by atoms with Gasteiger partial charge >= 0.3 is 12.2 Å². The highest BCUT2D eigenvalue weighted by molar-refractivity contribution is 5.88. The van der Waals surface area contributed by atoms with Gasteiger partial charge in [0.05, 0.1) is 66.1 Å². The van der Waals surface area contributed by atoms with Crippen LogP contribution in [0.15, 0.2) is 54.6 Å². The van der Waals surface area contributed by atoms with Crippen LogP contribution in [-0.2, 0) is 19.1 Å². The first kappa shape index (κ1) is 47.7. The number of aromatic nitrogens is 4. The maximum Gasteiger partial charge on any atom is 0.407 e. The van der Waals surface area contributed by atoms with E-state index in [2.05, 4.69) is 67.7 Å². The molecule has 368 valence electrons. The lowest BCUT2D eigenvalue weighted by molar-refractivity contribution is -0.136. The number of amides is 4. The number of anilines is 2. The molecule has 4 fully saturated rings. The van der Waals surface area contributed by atoms with Crippen LogP contribution in [0.3, 0.4) is 0 Å². The van der Waals surface area contributed by atoms with Gasteiger partial charge in [-0.25, -0.2) is 23.9 Å². The van der Waals surface area contributed by atoms with E-state index < -0.39 is 24.3 Å². The summed E-state index contributed by atoms with van der Waals surface area (Å²) in [6.07, 6.45) is 5.49. The van der Waals surface area contributed by atoms with Gasteiger partial charge in [0.1, 0.15) is 29.5 Å². The largest absolute Gasteiger partial charge is 0.453 e. The molecule has 17 heteroatoms. The van der Waals surface area contributed by atoms with E-state index in [4.69, 9.17) is 19.4 Å². The lowest BCUT2D eigenvalue weighted by atomic mass is 9.98. The summed E-state index contributed by atoms with van der Waals surface area (Å²) >= 11 is 0. The summed E-state index contributed by atoms with van der Waals surface area (Å²) in [6, 6.07) is 16.0. The summed E-state index contributed by atoms with van der Waals surface area (Å²) in [7, 11) is 2.58. The number of H-pyrrole nitrogens is 2. The number of nitrogens with zero attached hydrogens (tertiary/aromatic N) is 6. The predicted octanol–water partition coefficient (Wildman–Crippen LogP) is 8.99. The molecule has 0 spiro atoms. The summed E-state index contributed by atoms with van der Waals surface area (Å²) in [5.74, 6) is 1.18. The van der Waals surface area contributed by atoms with Crippen molar-refractivity contribution in [1.29, 1.82) is 0 Å². The van der Waals surface area contributed by atoms with E-state index in [-0.39, 0.29) is 53.6 Å². The van der Waals surface area contributed by atoms with E-state index in [1.54, 1.807) is 6.07 Å². The van der Waals surface area contributed by atoms with Gasteiger partial charge in [0, 0.05) is 31.9 Å². The second kappa shape index (κ2) is 19.9. The monoisotopic (exact) mass is 947 g/mol. The molecule has 4 saturated heterocycles.